The standard InChI is InChI=1S/C20H22ClN3O3/c21-17-5-1-16(2-6-17)14-22-20(26)23-18-7-3-15(4-8-18)13-19(25)24-9-11-27-12-10-24/h1-8H,9-14H2,(H2,22,23,26). The van der Waals surface area contributed by atoms with Crippen LogP contribution in [0.25, 0.3) is 0 Å². The van der Waals surface area contributed by atoms with Gasteiger partial charge in [-0.25, -0.2) is 4.79 Å². The Hall–Kier alpha value is -2.57. The minimum absolute atomic E-state index is 0.0970. The fraction of sp³-hybridized carbons (Fsp3) is 0.300. The predicted octanol–water partition coefficient (Wildman–Crippen LogP) is 3.06. The van der Waals surface area contributed by atoms with Gasteiger partial charge in [0.05, 0.1) is 19.6 Å². The molecule has 142 valence electrons. The van der Waals surface area contributed by atoms with Crippen LogP contribution in [0.4, 0.5) is 10.5 Å². The van der Waals surface area contributed by atoms with E-state index in [0.29, 0.717) is 50.0 Å². The smallest absolute Gasteiger partial charge is 0.319 e. The van der Waals surface area contributed by atoms with Crippen molar-refractivity contribution in [2.75, 3.05) is 31.6 Å². The van der Waals surface area contributed by atoms with Crippen LogP contribution in [0, 0.1) is 0 Å². The molecule has 1 heterocycles. The first-order valence-corrected chi connectivity index (χ1v) is 9.22. The van der Waals surface area contributed by atoms with Crippen LogP contribution in [-0.2, 0) is 22.5 Å². The molecule has 2 aromatic rings. The lowest BCUT2D eigenvalue weighted by molar-refractivity contribution is -0.134. The van der Waals surface area contributed by atoms with Gasteiger partial charge < -0.3 is 20.3 Å². The van der Waals surface area contributed by atoms with Crippen LogP contribution in [-0.4, -0.2) is 43.1 Å². The van der Waals surface area contributed by atoms with Gasteiger partial charge in [0.2, 0.25) is 5.91 Å². The molecule has 0 saturated carbocycles. The van der Waals surface area contributed by atoms with E-state index >= 15 is 0 Å². The lowest BCUT2D eigenvalue weighted by Crippen LogP contribution is -2.41. The van der Waals surface area contributed by atoms with Crippen LogP contribution in [0.1, 0.15) is 11.1 Å². The van der Waals surface area contributed by atoms with Gasteiger partial charge in [-0.1, -0.05) is 35.9 Å². The number of nitrogens with one attached hydrogen (secondary N) is 2. The third-order valence-corrected chi connectivity index (χ3v) is 4.55. The molecule has 0 aromatic heterocycles. The molecule has 2 N–H and O–H groups in total. The Labute approximate surface area is 163 Å². The van der Waals surface area contributed by atoms with Crippen molar-refractivity contribution in [1.29, 1.82) is 0 Å². The first kappa shape index (κ1) is 19.2. The second-order valence-corrected chi connectivity index (χ2v) is 6.74. The van der Waals surface area contributed by atoms with Crippen molar-refractivity contribution in [1.82, 2.24) is 10.2 Å². The third-order valence-electron chi connectivity index (χ3n) is 4.30. The van der Waals surface area contributed by atoms with Crippen LogP contribution >= 0.6 is 11.6 Å². The molecule has 1 aliphatic rings. The van der Waals surface area contributed by atoms with E-state index in [1.165, 1.54) is 0 Å². The second-order valence-electron chi connectivity index (χ2n) is 6.30. The Balaban J connectivity index is 1.45. The monoisotopic (exact) mass is 387 g/mol. The highest BCUT2D eigenvalue weighted by Gasteiger charge is 2.16. The Morgan fingerprint density at radius 1 is 0.963 bits per heavy atom. The molecule has 2 aromatic carbocycles. The zero-order chi connectivity index (χ0) is 19.1. The lowest BCUT2D eigenvalue weighted by atomic mass is 10.1. The van der Waals surface area contributed by atoms with Gasteiger partial charge in [0.15, 0.2) is 0 Å². The number of carbonyl (C=O) groups is 2. The molecule has 0 radical (unpaired) electrons. The number of carbonyl (C=O) groups excluding carboxylic acids is 2. The zero-order valence-electron chi connectivity index (χ0n) is 14.9. The van der Waals surface area contributed by atoms with Gasteiger partial charge in [0.1, 0.15) is 0 Å². The molecule has 3 rings (SSSR count). The topological polar surface area (TPSA) is 70.7 Å². The summed E-state index contributed by atoms with van der Waals surface area (Å²) in [5.41, 5.74) is 2.55. The Morgan fingerprint density at radius 2 is 1.59 bits per heavy atom. The summed E-state index contributed by atoms with van der Waals surface area (Å²) in [6.45, 7) is 2.90. The maximum atomic E-state index is 12.3. The maximum absolute atomic E-state index is 12.3. The van der Waals surface area contributed by atoms with Gasteiger partial charge in [-0.15, -0.1) is 0 Å². The van der Waals surface area contributed by atoms with Crippen molar-refractivity contribution in [3.05, 3.63) is 64.7 Å². The van der Waals surface area contributed by atoms with Crippen molar-refractivity contribution in [3.63, 3.8) is 0 Å². The van der Waals surface area contributed by atoms with E-state index in [4.69, 9.17) is 16.3 Å². The van der Waals surface area contributed by atoms with Crippen LogP contribution in [0.15, 0.2) is 48.5 Å². The molecule has 1 saturated heterocycles. The SMILES string of the molecule is O=C(NCc1ccc(Cl)cc1)Nc1ccc(CC(=O)N2CCOCC2)cc1. The predicted molar refractivity (Wildman–Crippen MR) is 105 cm³/mol. The average Bonchev–Trinajstić information content (AvgIpc) is 2.70. The van der Waals surface area contributed by atoms with Gasteiger partial charge >= 0.3 is 6.03 Å². The molecule has 0 spiro atoms. The Morgan fingerprint density at radius 3 is 2.26 bits per heavy atom. The summed E-state index contributed by atoms with van der Waals surface area (Å²) < 4.78 is 5.26. The molecule has 27 heavy (non-hydrogen) atoms. The number of halogens is 1. The number of anilines is 1. The Bertz CT molecular complexity index is 772. The minimum Gasteiger partial charge on any atom is -0.378 e. The molecule has 0 bridgehead atoms. The van der Waals surface area contributed by atoms with Gasteiger partial charge in [-0.3, -0.25) is 4.79 Å². The number of ether oxygens (including phenoxy) is 1. The summed E-state index contributed by atoms with van der Waals surface area (Å²) in [7, 11) is 0. The van der Waals surface area contributed by atoms with Gasteiger partial charge in [0, 0.05) is 30.3 Å². The summed E-state index contributed by atoms with van der Waals surface area (Å²) in [6.07, 6.45) is 0.350. The highest BCUT2D eigenvalue weighted by molar-refractivity contribution is 6.30. The fourth-order valence-electron chi connectivity index (χ4n) is 2.76. The van der Waals surface area contributed by atoms with Crippen LogP contribution in [0.2, 0.25) is 5.02 Å². The van der Waals surface area contributed by atoms with E-state index in [-0.39, 0.29) is 11.9 Å². The van der Waals surface area contributed by atoms with E-state index in [2.05, 4.69) is 10.6 Å². The minimum atomic E-state index is -0.290. The number of nitrogens with zero attached hydrogens (tertiary/aromatic N) is 1. The van der Waals surface area contributed by atoms with E-state index in [9.17, 15) is 9.59 Å². The number of hydrogen-bond donors (Lipinski definition) is 2. The normalized spacial score (nSPS) is 13.9. The molecule has 3 amide bonds. The van der Waals surface area contributed by atoms with Gasteiger partial charge in [0.25, 0.3) is 0 Å². The van der Waals surface area contributed by atoms with Crippen molar-refractivity contribution in [3.8, 4) is 0 Å². The molecular formula is C20H22ClN3O3. The quantitative estimate of drug-likeness (QED) is 0.828. The molecule has 7 heteroatoms. The fourth-order valence-corrected chi connectivity index (χ4v) is 2.89. The highest BCUT2D eigenvalue weighted by atomic mass is 35.5. The van der Waals surface area contributed by atoms with Crippen LogP contribution in [0.3, 0.4) is 0 Å². The summed E-state index contributed by atoms with van der Waals surface area (Å²) in [4.78, 5) is 26.1. The average molecular weight is 388 g/mol. The van der Waals surface area contributed by atoms with Crippen molar-refractivity contribution >= 4 is 29.2 Å². The largest absolute Gasteiger partial charge is 0.378 e. The molecule has 0 aliphatic carbocycles. The Kier molecular flexibility index (Phi) is 6.68. The van der Waals surface area contributed by atoms with E-state index in [1.54, 1.807) is 24.3 Å². The number of amides is 3. The number of rotatable bonds is 5. The van der Waals surface area contributed by atoms with Crippen molar-refractivity contribution < 1.29 is 14.3 Å². The molecule has 0 atom stereocenters. The second kappa shape index (κ2) is 9.39. The first-order chi connectivity index (χ1) is 13.1. The zero-order valence-corrected chi connectivity index (χ0v) is 15.7. The number of hydrogen-bond acceptors (Lipinski definition) is 3. The third kappa shape index (κ3) is 5.98. The summed E-state index contributed by atoms with van der Waals surface area (Å²) in [6, 6.07) is 14.3. The van der Waals surface area contributed by atoms with Gasteiger partial charge in [-0.05, 0) is 35.4 Å². The molecule has 1 fully saturated rings. The van der Waals surface area contributed by atoms with Crippen molar-refractivity contribution in [2.24, 2.45) is 0 Å². The highest BCUT2D eigenvalue weighted by Crippen LogP contribution is 2.12. The summed E-state index contributed by atoms with van der Waals surface area (Å²) in [5, 5.41) is 6.23. The van der Waals surface area contributed by atoms with Crippen molar-refractivity contribution in [2.45, 2.75) is 13.0 Å². The number of morpholine rings is 1. The molecule has 6 nitrogen and oxygen atoms in total. The summed E-state index contributed by atoms with van der Waals surface area (Å²) in [5.74, 6) is 0.0970. The van der Waals surface area contributed by atoms with Gasteiger partial charge in [-0.2, -0.15) is 0 Å². The van der Waals surface area contributed by atoms with Crippen LogP contribution in [0.5, 0.6) is 0 Å². The molecular weight excluding hydrogens is 366 g/mol. The molecule has 0 unspecified atom stereocenters. The lowest BCUT2D eigenvalue weighted by Gasteiger charge is -2.26. The molecule has 1 aliphatic heterocycles. The van der Waals surface area contributed by atoms with E-state index in [0.717, 1.165) is 11.1 Å². The summed E-state index contributed by atoms with van der Waals surface area (Å²) >= 11 is 5.84. The number of benzene rings is 2. The van der Waals surface area contributed by atoms with E-state index in [1.807, 2.05) is 29.2 Å². The number of urea groups is 1. The first-order valence-electron chi connectivity index (χ1n) is 8.84. The maximum Gasteiger partial charge on any atom is 0.319 e. The van der Waals surface area contributed by atoms with E-state index < -0.39 is 0 Å². The van der Waals surface area contributed by atoms with Crippen LogP contribution < -0.4 is 10.6 Å².